The Morgan fingerprint density at radius 3 is 2.94 bits per heavy atom. The Labute approximate surface area is 101 Å². The van der Waals surface area contributed by atoms with Gasteiger partial charge in [-0.2, -0.15) is 0 Å². The van der Waals surface area contributed by atoms with Crippen molar-refractivity contribution in [3.8, 4) is 17.0 Å². The van der Waals surface area contributed by atoms with E-state index < -0.39 is 0 Å². The number of nitrogens with zero attached hydrogens (tertiary/aromatic N) is 2. The number of benzene rings is 1. The lowest BCUT2D eigenvalue weighted by Gasteiger charge is -2.06. The summed E-state index contributed by atoms with van der Waals surface area (Å²) < 4.78 is 7.43. The molecule has 0 aliphatic carbocycles. The number of aromatic nitrogens is 2. The molecule has 0 unspecified atom stereocenters. The molecule has 0 amide bonds. The Kier molecular flexibility index (Phi) is 3.44. The normalized spacial score (nSPS) is 10.5. The van der Waals surface area contributed by atoms with Crippen LogP contribution in [0.4, 0.5) is 0 Å². The van der Waals surface area contributed by atoms with Gasteiger partial charge in [0.15, 0.2) is 0 Å². The molecule has 1 heterocycles. The van der Waals surface area contributed by atoms with Crippen LogP contribution in [0.25, 0.3) is 11.3 Å². The van der Waals surface area contributed by atoms with Gasteiger partial charge in [0.1, 0.15) is 5.75 Å². The van der Waals surface area contributed by atoms with Gasteiger partial charge >= 0.3 is 0 Å². The Balaban J connectivity index is 2.41. The molecule has 0 aliphatic rings. The van der Waals surface area contributed by atoms with Gasteiger partial charge < -0.3 is 15.0 Å². The minimum Gasteiger partial charge on any atom is -0.494 e. The maximum Gasteiger partial charge on any atom is 0.119 e. The molecule has 0 atom stereocenters. The predicted octanol–water partition coefficient (Wildman–Crippen LogP) is 1.94. The van der Waals surface area contributed by atoms with Gasteiger partial charge in [0, 0.05) is 19.2 Å². The number of aryl methyl sites for hydroxylation is 1. The van der Waals surface area contributed by atoms with Crippen molar-refractivity contribution in [2.45, 2.75) is 13.5 Å². The molecule has 1 aromatic heterocycles. The molecular formula is C13H17N3O. The average molecular weight is 231 g/mol. The summed E-state index contributed by atoms with van der Waals surface area (Å²) in [5.74, 6) is 0.860. The number of imidazole rings is 1. The Hall–Kier alpha value is -1.81. The van der Waals surface area contributed by atoms with Crippen LogP contribution in [0.3, 0.4) is 0 Å². The van der Waals surface area contributed by atoms with E-state index in [2.05, 4.69) is 4.98 Å². The van der Waals surface area contributed by atoms with Crippen molar-refractivity contribution in [1.82, 2.24) is 9.55 Å². The predicted molar refractivity (Wildman–Crippen MR) is 67.7 cm³/mol. The van der Waals surface area contributed by atoms with Crippen LogP contribution in [0, 0.1) is 0 Å². The summed E-state index contributed by atoms with van der Waals surface area (Å²) in [5, 5.41) is 0. The van der Waals surface area contributed by atoms with Gasteiger partial charge in [-0.05, 0) is 19.1 Å². The number of ether oxygens (including phenoxy) is 1. The quantitative estimate of drug-likeness (QED) is 0.875. The van der Waals surface area contributed by atoms with Crippen molar-refractivity contribution in [2.24, 2.45) is 12.8 Å². The van der Waals surface area contributed by atoms with Crippen LogP contribution in [0.15, 0.2) is 30.6 Å². The van der Waals surface area contributed by atoms with Crippen molar-refractivity contribution < 1.29 is 4.74 Å². The van der Waals surface area contributed by atoms with Gasteiger partial charge in [0.25, 0.3) is 0 Å². The first-order valence-corrected chi connectivity index (χ1v) is 5.69. The van der Waals surface area contributed by atoms with Crippen LogP contribution < -0.4 is 10.5 Å². The molecule has 0 radical (unpaired) electrons. The minimum absolute atomic E-state index is 0.477. The fourth-order valence-corrected chi connectivity index (χ4v) is 1.84. The summed E-state index contributed by atoms with van der Waals surface area (Å²) in [4.78, 5) is 4.39. The highest BCUT2D eigenvalue weighted by atomic mass is 16.5. The molecule has 0 bridgehead atoms. The number of hydrogen-bond donors (Lipinski definition) is 1. The molecule has 2 N–H and O–H groups in total. The summed E-state index contributed by atoms with van der Waals surface area (Å²) >= 11 is 0. The fraction of sp³-hybridized carbons (Fsp3) is 0.308. The van der Waals surface area contributed by atoms with E-state index in [0.29, 0.717) is 13.2 Å². The molecule has 17 heavy (non-hydrogen) atoms. The summed E-state index contributed by atoms with van der Waals surface area (Å²) in [5.41, 5.74) is 8.73. The lowest BCUT2D eigenvalue weighted by atomic mass is 10.1. The third-order valence-corrected chi connectivity index (χ3v) is 2.67. The second-order valence-corrected chi connectivity index (χ2v) is 3.82. The SMILES string of the molecule is CCOc1cccc(-c2ncn(C)c2CN)c1. The Morgan fingerprint density at radius 2 is 2.24 bits per heavy atom. The first-order valence-electron chi connectivity index (χ1n) is 5.69. The Morgan fingerprint density at radius 1 is 1.41 bits per heavy atom. The second kappa shape index (κ2) is 5.01. The molecule has 0 spiro atoms. The largest absolute Gasteiger partial charge is 0.494 e. The zero-order valence-corrected chi connectivity index (χ0v) is 10.2. The maximum atomic E-state index is 5.74. The van der Waals surface area contributed by atoms with Gasteiger partial charge in [-0.25, -0.2) is 4.98 Å². The third kappa shape index (κ3) is 2.31. The van der Waals surface area contributed by atoms with Gasteiger partial charge in [-0.15, -0.1) is 0 Å². The standard InChI is InChI=1S/C13H17N3O/c1-3-17-11-6-4-5-10(7-11)13-12(8-14)16(2)9-15-13/h4-7,9H,3,8,14H2,1-2H3. The minimum atomic E-state index is 0.477. The molecule has 4 heteroatoms. The van der Waals surface area contributed by atoms with E-state index in [1.165, 1.54) is 0 Å². The van der Waals surface area contributed by atoms with Crippen LogP contribution in [-0.4, -0.2) is 16.2 Å². The molecule has 1 aromatic carbocycles. The van der Waals surface area contributed by atoms with Crippen molar-refractivity contribution in [3.63, 3.8) is 0 Å². The number of nitrogens with two attached hydrogens (primary N) is 1. The van der Waals surface area contributed by atoms with Crippen molar-refractivity contribution >= 4 is 0 Å². The Bertz CT molecular complexity index is 505. The summed E-state index contributed by atoms with van der Waals surface area (Å²) in [6.45, 7) is 3.11. The molecule has 2 aromatic rings. The average Bonchev–Trinajstić information content (AvgIpc) is 2.71. The highest BCUT2D eigenvalue weighted by Gasteiger charge is 2.09. The van der Waals surface area contributed by atoms with E-state index in [-0.39, 0.29) is 0 Å². The van der Waals surface area contributed by atoms with E-state index in [4.69, 9.17) is 10.5 Å². The molecular weight excluding hydrogens is 214 g/mol. The van der Waals surface area contributed by atoms with Crippen LogP contribution in [0.2, 0.25) is 0 Å². The lowest BCUT2D eigenvalue weighted by Crippen LogP contribution is -2.04. The molecule has 0 saturated heterocycles. The smallest absolute Gasteiger partial charge is 0.119 e. The van der Waals surface area contributed by atoms with Crippen molar-refractivity contribution in [3.05, 3.63) is 36.3 Å². The van der Waals surface area contributed by atoms with E-state index in [9.17, 15) is 0 Å². The monoisotopic (exact) mass is 231 g/mol. The molecule has 90 valence electrons. The van der Waals surface area contributed by atoms with Gasteiger partial charge in [0.2, 0.25) is 0 Å². The first kappa shape index (κ1) is 11.7. The summed E-state index contributed by atoms with van der Waals surface area (Å²) in [7, 11) is 1.95. The zero-order valence-electron chi connectivity index (χ0n) is 10.2. The van der Waals surface area contributed by atoms with Gasteiger partial charge in [-0.3, -0.25) is 0 Å². The first-order chi connectivity index (χ1) is 8.26. The summed E-state index contributed by atoms with van der Waals surface area (Å²) in [6.07, 6.45) is 1.78. The zero-order chi connectivity index (χ0) is 12.3. The van der Waals surface area contributed by atoms with Gasteiger partial charge in [-0.1, -0.05) is 12.1 Å². The van der Waals surface area contributed by atoms with Crippen LogP contribution >= 0.6 is 0 Å². The molecule has 2 rings (SSSR count). The summed E-state index contributed by atoms with van der Waals surface area (Å²) in [6, 6.07) is 7.92. The van der Waals surface area contributed by atoms with E-state index >= 15 is 0 Å². The molecule has 0 aliphatic heterocycles. The van der Waals surface area contributed by atoms with Crippen LogP contribution in [-0.2, 0) is 13.6 Å². The molecule has 0 saturated carbocycles. The fourth-order valence-electron chi connectivity index (χ4n) is 1.84. The highest BCUT2D eigenvalue weighted by molar-refractivity contribution is 5.63. The van der Waals surface area contributed by atoms with Crippen LogP contribution in [0.1, 0.15) is 12.6 Å². The topological polar surface area (TPSA) is 53.1 Å². The van der Waals surface area contributed by atoms with Crippen LogP contribution in [0.5, 0.6) is 5.75 Å². The number of hydrogen-bond acceptors (Lipinski definition) is 3. The lowest BCUT2D eigenvalue weighted by molar-refractivity contribution is 0.340. The molecule has 4 nitrogen and oxygen atoms in total. The maximum absolute atomic E-state index is 5.74. The second-order valence-electron chi connectivity index (χ2n) is 3.82. The highest BCUT2D eigenvalue weighted by Crippen LogP contribution is 2.25. The van der Waals surface area contributed by atoms with Crippen molar-refractivity contribution in [1.29, 1.82) is 0 Å². The van der Waals surface area contributed by atoms with Gasteiger partial charge in [0.05, 0.1) is 24.3 Å². The van der Waals surface area contributed by atoms with Crippen molar-refractivity contribution in [2.75, 3.05) is 6.61 Å². The van der Waals surface area contributed by atoms with E-state index in [1.54, 1.807) is 6.33 Å². The van der Waals surface area contributed by atoms with E-state index in [0.717, 1.165) is 22.7 Å². The van der Waals surface area contributed by atoms with E-state index in [1.807, 2.05) is 42.8 Å². The number of rotatable bonds is 4. The third-order valence-electron chi connectivity index (χ3n) is 2.67. The molecule has 0 fully saturated rings.